The van der Waals surface area contributed by atoms with Gasteiger partial charge in [0.25, 0.3) is 0 Å². The third kappa shape index (κ3) is 4.05. The molecule has 0 saturated carbocycles. The van der Waals surface area contributed by atoms with Crippen molar-refractivity contribution < 1.29 is 14.3 Å². The highest BCUT2D eigenvalue weighted by molar-refractivity contribution is 9.10. The Labute approximate surface area is 160 Å². The van der Waals surface area contributed by atoms with Gasteiger partial charge in [-0.3, -0.25) is 4.79 Å². The number of carbonyl (C=O) groups excluding carboxylic acids is 2. The molecule has 136 valence electrons. The topological polar surface area (TPSA) is 93.5 Å². The van der Waals surface area contributed by atoms with E-state index in [1.807, 2.05) is 24.3 Å². The minimum absolute atomic E-state index is 0.0839. The van der Waals surface area contributed by atoms with E-state index in [1.165, 1.54) is 0 Å². The molecule has 6 nitrogen and oxygen atoms in total. The molecule has 2 aromatic rings. The number of amides is 3. The molecule has 0 bridgehead atoms. The Balaban J connectivity index is 1.87. The van der Waals surface area contributed by atoms with Gasteiger partial charge in [-0.05, 0) is 48.7 Å². The molecule has 0 atom stereocenters. The summed E-state index contributed by atoms with van der Waals surface area (Å²) in [5, 5.41) is 5.49. The molecule has 1 heterocycles. The van der Waals surface area contributed by atoms with Crippen molar-refractivity contribution in [3.63, 3.8) is 0 Å². The fourth-order valence-corrected chi connectivity index (χ4v) is 3.47. The van der Waals surface area contributed by atoms with Gasteiger partial charge in [-0.2, -0.15) is 0 Å². The predicted octanol–water partition coefficient (Wildman–Crippen LogP) is 3.63. The van der Waals surface area contributed by atoms with E-state index in [0.29, 0.717) is 37.4 Å². The first-order valence-corrected chi connectivity index (χ1v) is 9.11. The number of ether oxygens (including phenoxy) is 1. The van der Waals surface area contributed by atoms with Crippen LogP contribution in [0.15, 0.2) is 53.0 Å². The number of urea groups is 1. The van der Waals surface area contributed by atoms with Crippen LogP contribution in [0.2, 0.25) is 0 Å². The number of halogens is 1. The third-order valence-corrected chi connectivity index (χ3v) is 5.09. The molecule has 4 N–H and O–H groups in total. The standard InChI is InChI=1S/C19H20BrN3O3/c20-14-6-4-13(5-7-14)19(8-10-26-11-9-19)17(24)22-15-2-1-3-16(12-15)23-18(21)25/h1-7,12H,8-11H2,(H,22,24)(H3,21,23,25). The average molecular weight is 418 g/mol. The molecule has 3 rings (SSSR count). The molecule has 26 heavy (non-hydrogen) atoms. The molecule has 0 radical (unpaired) electrons. The number of hydrogen-bond acceptors (Lipinski definition) is 3. The molecule has 2 aromatic carbocycles. The number of anilines is 2. The third-order valence-electron chi connectivity index (χ3n) is 4.57. The van der Waals surface area contributed by atoms with Gasteiger partial charge in [-0.1, -0.05) is 34.1 Å². The number of primary amides is 1. The maximum Gasteiger partial charge on any atom is 0.316 e. The molecule has 0 spiro atoms. The largest absolute Gasteiger partial charge is 0.381 e. The fourth-order valence-electron chi connectivity index (χ4n) is 3.20. The second kappa shape index (κ2) is 7.88. The highest BCUT2D eigenvalue weighted by Gasteiger charge is 2.41. The molecule has 0 aromatic heterocycles. The molecule has 7 heteroatoms. The molecular weight excluding hydrogens is 398 g/mol. The minimum atomic E-state index is -0.649. The van der Waals surface area contributed by atoms with Crippen LogP contribution in [0.3, 0.4) is 0 Å². The van der Waals surface area contributed by atoms with E-state index < -0.39 is 11.4 Å². The van der Waals surface area contributed by atoms with Crippen molar-refractivity contribution in [2.75, 3.05) is 23.8 Å². The Morgan fingerprint density at radius 2 is 1.62 bits per heavy atom. The van der Waals surface area contributed by atoms with E-state index in [4.69, 9.17) is 10.5 Å². The SMILES string of the molecule is NC(=O)Nc1cccc(NC(=O)C2(c3ccc(Br)cc3)CCOCC2)c1. The van der Waals surface area contributed by atoms with Crippen LogP contribution in [0.4, 0.5) is 16.2 Å². The second-order valence-electron chi connectivity index (χ2n) is 6.23. The molecule has 1 saturated heterocycles. The first kappa shape index (κ1) is 18.4. The van der Waals surface area contributed by atoms with E-state index in [0.717, 1.165) is 10.0 Å². The van der Waals surface area contributed by atoms with Crippen LogP contribution in [-0.2, 0) is 14.9 Å². The van der Waals surface area contributed by atoms with Gasteiger partial charge in [0.1, 0.15) is 0 Å². The summed E-state index contributed by atoms with van der Waals surface area (Å²) in [7, 11) is 0. The Kier molecular flexibility index (Phi) is 5.58. The van der Waals surface area contributed by atoms with Gasteiger partial charge in [0, 0.05) is 29.1 Å². The van der Waals surface area contributed by atoms with Gasteiger partial charge in [-0.25, -0.2) is 4.79 Å². The lowest BCUT2D eigenvalue weighted by Gasteiger charge is -2.36. The lowest BCUT2D eigenvalue weighted by atomic mass is 9.73. The summed E-state index contributed by atoms with van der Waals surface area (Å²) in [6.45, 7) is 1.07. The number of benzene rings is 2. The van der Waals surface area contributed by atoms with Gasteiger partial charge < -0.3 is 21.1 Å². The first-order chi connectivity index (χ1) is 12.5. The average Bonchev–Trinajstić information content (AvgIpc) is 2.62. The van der Waals surface area contributed by atoms with Crippen LogP contribution >= 0.6 is 15.9 Å². The van der Waals surface area contributed by atoms with Crippen molar-refractivity contribution in [1.29, 1.82) is 0 Å². The Morgan fingerprint density at radius 1 is 1.00 bits per heavy atom. The van der Waals surface area contributed by atoms with E-state index in [-0.39, 0.29) is 5.91 Å². The first-order valence-electron chi connectivity index (χ1n) is 8.31. The quantitative estimate of drug-likeness (QED) is 0.708. The summed E-state index contributed by atoms with van der Waals surface area (Å²) in [5.74, 6) is -0.0839. The van der Waals surface area contributed by atoms with Crippen LogP contribution < -0.4 is 16.4 Å². The van der Waals surface area contributed by atoms with E-state index in [2.05, 4.69) is 26.6 Å². The van der Waals surface area contributed by atoms with Gasteiger partial charge in [0.2, 0.25) is 5.91 Å². The fraction of sp³-hybridized carbons (Fsp3) is 0.263. The number of rotatable bonds is 4. The van der Waals surface area contributed by atoms with Crippen LogP contribution in [0.1, 0.15) is 18.4 Å². The summed E-state index contributed by atoms with van der Waals surface area (Å²) in [6, 6.07) is 14.1. The van der Waals surface area contributed by atoms with Crippen LogP contribution in [0, 0.1) is 0 Å². The van der Waals surface area contributed by atoms with Gasteiger partial charge in [0.05, 0.1) is 5.41 Å². The van der Waals surface area contributed by atoms with Crippen molar-refractivity contribution in [3.8, 4) is 0 Å². The molecule has 1 aliphatic rings. The van der Waals surface area contributed by atoms with Crippen molar-refractivity contribution in [3.05, 3.63) is 58.6 Å². The maximum absolute atomic E-state index is 13.2. The number of carbonyl (C=O) groups is 2. The maximum atomic E-state index is 13.2. The number of nitrogens with one attached hydrogen (secondary N) is 2. The number of nitrogens with two attached hydrogens (primary N) is 1. The zero-order valence-corrected chi connectivity index (χ0v) is 15.7. The van der Waals surface area contributed by atoms with Crippen molar-refractivity contribution in [2.24, 2.45) is 5.73 Å². The van der Waals surface area contributed by atoms with Crippen molar-refractivity contribution in [2.45, 2.75) is 18.3 Å². The Hall–Kier alpha value is -2.38. The van der Waals surface area contributed by atoms with Crippen LogP contribution in [-0.4, -0.2) is 25.2 Å². The van der Waals surface area contributed by atoms with Gasteiger partial charge >= 0.3 is 6.03 Å². The molecule has 3 amide bonds. The number of hydrogen-bond donors (Lipinski definition) is 3. The van der Waals surface area contributed by atoms with E-state index in [1.54, 1.807) is 24.3 Å². The van der Waals surface area contributed by atoms with Gasteiger partial charge in [0.15, 0.2) is 0 Å². The Morgan fingerprint density at radius 3 is 2.23 bits per heavy atom. The molecular formula is C19H20BrN3O3. The smallest absolute Gasteiger partial charge is 0.316 e. The monoisotopic (exact) mass is 417 g/mol. The Bertz CT molecular complexity index is 802. The summed E-state index contributed by atoms with van der Waals surface area (Å²) in [6.07, 6.45) is 1.22. The summed E-state index contributed by atoms with van der Waals surface area (Å²) < 4.78 is 6.45. The summed E-state index contributed by atoms with van der Waals surface area (Å²) >= 11 is 3.44. The molecule has 1 aliphatic heterocycles. The van der Waals surface area contributed by atoms with E-state index in [9.17, 15) is 9.59 Å². The highest BCUT2D eigenvalue weighted by atomic mass is 79.9. The van der Waals surface area contributed by atoms with E-state index >= 15 is 0 Å². The van der Waals surface area contributed by atoms with Crippen LogP contribution in [0.25, 0.3) is 0 Å². The normalized spacial score (nSPS) is 15.9. The minimum Gasteiger partial charge on any atom is -0.381 e. The van der Waals surface area contributed by atoms with Crippen molar-refractivity contribution in [1.82, 2.24) is 0 Å². The summed E-state index contributed by atoms with van der Waals surface area (Å²) in [5.41, 5.74) is 6.59. The van der Waals surface area contributed by atoms with Gasteiger partial charge in [-0.15, -0.1) is 0 Å². The zero-order chi connectivity index (χ0) is 18.6. The molecule has 0 unspecified atom stereocenters. The zero-order valence-electron chi connectivity index (χ0n) is 14.1. The van der Waals surface area contributed by atoms with Crippen molar-refractivity contribution >= 4 is 39.2 Å². The lowest BCUT2D eigenvalue weighted by molar-refractivity contribution is -0.125. The highest BCUT2D eigenvalue weighted by Crippen LogP contribution is 2.37. The van der Waals surface area contributed by atoms with Crippen LogP contribution in [0.5, 0.6) is 0 Å². The summed E-state index contributed by atoms with van der Waals surface area (Å²) in [4.78, 5) is 24.2. The second-order valence-corrected chi connectivity index (χ2v) is 7.14. The molecule has 1 fully saturated rings. The predicted molar refractivity (Wildman–Crippen MR) is 104 cm³/mol. The lowest BCUT2D eigenvalue weighted by Crippen LogP contribution is -2.44. The molecule has 0 aliphatic carbocycles.